The summed E-state index contributed by atoms with van der Waals surface area (Å²) in [5.41, 5.74) is -2.36. The molecular formula is C15H21NO6. The SMILES string of the molecule is COC(=O)C(=O)/C(C(=O)OC)=C1/N(C)C(C)(C)C(=O)C1(C)C. The van der Waals surface area contributed by atoms with Crippen LogP contribution in [0.25, 0.3) is 0 Å². The Morgan fingerprint density at radius 1 is 0.955 bits per heavy atom. The number of Topliss-reactive ketones (excluding diaryl/α,β-unsaturated/α-hetero) is 2. The molecule has 1 rings (SSSR count). The van der Waals surface area contributed by atoms with Crippen LogP contribution in [-0.2, 0) is 28.7 Å². The van der Waals surface area contributed by atoms with Crippen LogP contribution in [0.3, 0.4) is 0 Å². The molecule has 0 N–H and O–H groups in total. The predicted molar refractivity (Wildman–Crippen MR) is 76.7 cm³/mol. The minimum absolute atomic E-state index is 0.157. The highest BCUT2D eigenvalue weighted by molar-refractivity contribution is 6.47. The molecule has 0 aliphatic carbocycles. The van der Waals surface area contributed by atoms with Gasteiger partial charge in [-0.2, -0.15) is 0 Å². The smallest absolute Gasteiger partial charge is 0.379 e. The van der Waals surface area contributed by atoms with Gasteiger partial charge in [-0.1, -0.05) is 0 Å². The average Bonchev–Trinajstić information content (AvgIpc) is 2.58. The Labute approximate surface area is 129 Å². The van der Waals surface area contributed by atoms with Crippen molar-refractivity contribution in [1.82, 2.24) is 4.90 Å². The number of hydrogen-bond acceptors (Lipinski definition) is 7. The molecule has 1 heterocycles. The molecule has 0 amide bonds. The summed E-state index contributed by atoms with van der Waals surface area (Å²) < 4.78 is 9.02. The van der Waals surface area contributed by atoms with E-state index in [1.54, 1.807) is 34.7 Å². The largest absolute Gasteiger partial charge is 0.465 e. The van der Waals surface area contributed by atoms with E-state index in [1.165, 1.54) is 4.90 Å². The lowest BCUT2D eigenvalue weighted by Crippen LogP contribution is -2.41. The molecule has 0 radical (unpaired) electrons. The van der Waals surface area contributed by atoms with Crippen molar-refractivity contribution in [2.24, 2.45) is 5.41 Å². The van der Waals surface area contributed by atoms with E-state index in [0.717, 1.165) is 14.2 Å². The molecule has 7 nitrogen and oxygen atoms in total. The van der Waals surface area contributed by atoms with Crippen molar-refractivity contribution in [2.75, 3.05) is 21.3 Å². The lowest BCUT2D eigenvalue weighted by atomic mass is 9.80. The van der Waals surface area contributed by atoms with E-state index >= 15 is 0 Å². The second-order valence-corrected chi connectivity index (χ2v) is 6.11. The number of esters is 2. The van der Waals surface area contributed by atoms with Crippen molar-refractivity contribution in [3.8, 4) is 0 Å². The number of nitrogens with zero attached hydrogens (tertiary/aromatic N) is 1. The Kier molecular flexibility index (Phi) is 4.51. The van der Waals surface area contributed by atoms with Crippen molar-refractivity contribution in [1.29, 1.82) is 0 Å². The summed E-state index contributed by atoms with van der Waals surface area (Å²) in [6.07, 6.45) is 0. The molecule has 7 heteroatoms. The number of carbonyl (C=O) groups excluding carboxylic acids is 4. The zero-order chi connectivity index (χ0) is 17.5. The predicted octanol–water partition coefficient (Wildman–Crippen LogP) is 0.475. The van der Waals surface area contributed by atoms with E-state index in [-0.39, 0.29) is 11.5 Å². The number of allylic oxidation sites excluding steroid dienone is 1. The van der Waals surface area contributed by atoms with Crippen LogP contribution in [-0.4, -0.2) is 55.2 Å². The number of ketones is 2. The molecule has 0 aromatic carbocycles. The number of likely N-dealkylation sites (N-methyl/N-ethyl adjacent to an activating group) is 1. The van der Waals surface area contributed by atoms with Crippen molar-refractivity contribution in [3.05, 3.63) is 11.3 Å². The van der Waals surface area contributed by atoms with Crippen LogP contribution in [0, 0.1) is 5.41 Å². The minimum Gasteiger partial charge on any atom is -0.465 e. The molecule has 122 valence electrons. The molecule has 0 aromatic heterocycles. The van der Waals surface area contributed by atoms with Gasteiger partial charge >= 0.3 is 11.9 Å². The summed E-state index contributed by atoms with van der Waals surface area (Å²) in [6, 6.07) is 0. The highest BCUT2D eigenvalue weighted by atomic mass is 16.5. The summed E-state index contributed by atoms with van der Waals surface area (Å²) in [7, 11) is 3.73. The third-order valence-electron chi connectivity index (χ3n) is 4.11. The molecule has 0 spiro atoms. The summed E-state index contributed by atoms with van der Waals surface area (Å²) in [4.78, 5) is 50.0. The molecular weight excluding hydrogens is 290 g/mol. The molecule has 1 aliphatic heterocycles. The monoisotopic (exact) mass is 311 g/mol. The maximum Gasteiger partial charge on any atom is 0.379 e. The fourth-order valence-electron chi connectivity index (χ4n) is 2.80. The summed E-state index contributed by atoms with van der Waals surface area (Å²) in [5.74, 6) is -3.46. The van der Waals surface area contributed by atoms with Crippen molar-refractivity contribution < 1.29 is 28.7 Å². The number of carbonyl (C=O) groups is 4. The fourth-order valence-corrected chi connectivity index (χ4v) is 2.80. The lowest BCUT2D eigenvalue weighted by molar-refractivity contribution is -0.152. The van der Waals surface area contributed by atoms with Gasteiger partial charge in [0.1, 0.15) is 5.57 Å². The van der Waals surface area contributed by atoms with Gasteiger partial charge in [0.15, 0.2) is 5.78 Å². The van der Waals surface area contributed by atoms with Crippen LogP contribution in [0.4, 0.5) is 0 Å². The molecule has 22 heavy (non-hydrogen) atoms. The summed E-state index contributed by atoms with van der Waals surface area (Å²) >= 11 is 0. The molecule has 1 aliphatic rings. The quantitative estimate of drug-likeness (QED) is 0.246. The van der Waals surface area contributed by atoms with E-state index in [2.05, 4.69) is 9.47 Å². The Morgan fingerprint density at radius 2 is 1.41 bits per heavy atom. The van der Waals surface area contributed by atoms with E-state index < -0.39 is 34.2 Å². The minimum atomic E-state index is -1.19. The molecule has 0 unspecified atom stereocenters. The summed E-state index contributed by atoms with van der Waals surface area (Å²) in [6.45, 7) is 6.57. The van der Waals surface area contributed by atoms with Gasteiger partial charge in [0, 0.05) is 12.7 Å². The summed E-state index contributed by atoms with van der Waals surface area (Å²) in [5, 5.41) is 0. The molecule has 0 atom stereocenters. The average molecular weight is 311 g/mol. The molecule has 0 saturated carbocycles. The van der Waals surface area contributed by atoms with Gasteiger partial charge in [-0.05, 0) is 27.7 Å². The van der Waals surface area contributed by atoms with Crippen molar-refractivity contribution >= 4 is 23.5 Å². The zero-order valence-electron chi connectivity index (χ0n) is 13.9. The van der Waals surface area contributed by atoms with E-state index in [0.29, 0.717) is 0 Å². The van der Waals surface area contributed by atoms with E-state index in [4.69, 9.17) is 0 Å². The Morgan fingerprint density at radius 3 is 1.73 bits per heavy atom. The molecule has 1 fully saturated rings. The Balaban J connectivity index is 3.72. The third-order valence-corrected chi connectivity index (χ3v) is 4.11. The van der Waals surface area contributed by atoms with Crippen LogP contribution in [0.5, 0.6) is 0 Å². The second-order valence-electron chi connectivity index (χ2n) is 6.11. The van der Waals surface area contributed by atoms with Gasteiger partial charge < -0.3 is 14.4 Å². The van der Waals surface area contributed by atoms with E-state index in [1.807, 2.05) is 0 Å². The second kappa shape index (κ2) is 5.55. The maximum atomic E-state index is 12.6. The zero-order valence-corrected chi connectivity index (χ0v) is 13.9. The first-order valence-electron chi connectivity index (χ1n) is 6.69. The molecule has 0 bridgehead atoms. The van der Waals surface area contributed by atoms with Gasteiger partial charge in [0.25, 0.3) is 5.78 Å². The number of rotatable bonds is 3. The van der Waals surface area contributed by atoms with Crippen LogP contribution in [0.15, 0.2) is 11.3 Å². The number of ether oxygens (including phenoxy) is 2. The first kappa shape index (κ1) is 17.9. The van der Waals surface area contributed by atoms with Gasteiger partial charge in [0.2, 0.25) is 0 Å². The van der Waals surface area contributed by atoms with Gasteiger partial charge in [-0.3, -0.25) is 9.59 Å². The first-order chi connectivity index (χ1) is 9.94. The highest BCUT2D eigenvalue weighted by Gasteiger charge is 2.56. The normalized spacial score (nSPS) is 21.4. The molecule has 1 saturated heterocycles. The highest BCUT2D eigenvalue weighted by Crippen LogP contribution is 2.46. The van der Waals surface area contributed by atoms with Crippen LogP contribution < -0.4 is 0 Å². The number of methoxy groups -OCH3 is 2. The lowest BCUT2D eigenvalue weighted by Gasteiger charge is -2.29. The van der Waals surface area contributed by atoms with Gasteiger partial charge in [-0.25, -0.2) is 9.59 Å². The number of likely N-dealkylation sites (tertiary alicyclic amines) is 1. The fraction of sp³-hybridized carbons (Fsp3) is 0.600. The van der Waals surface area contributed by atoms with Gasteiger partial charge in [0.05, 0.1) is 25.2 Å². The maximum absolute atomic E-state index is 12.6. The van der Waals surface area contributed by atoms with Crippen LogP contribution >= 0.6 is 0 Å². The topological polar surface area (TPSA) is 90.0 Å². The van der Waals surface area contributed by atoms with Crippen LogP contribution in [0.1, 0.15) is 27.7 Å². The van der Waals surface area contributed by atoms with Crippen molar-refractivity contribution in [3.63, 3.8) is 0 Å². The Hall–Kier alpha value is -2.18. The van der Waals surface area contributed by atoms with E-state index in [9.17, 15) is 19.2 Å². The standard InChI is InChI=1S/C15H21NO6/c1-14(2)10(16(5)15(3,4)13(14)20)8(11(18)21-6)9(17)12(19)22-7/h1-7H3/b10-8-. The first-order valence-corrected chi connectivity index (χ1v) is 6.69. The molecule has 0 aromatic rings. The van der Waals surface area contributed by atoms with Gasteiger partial charge in [-0.15, -0.1) is 0 Å². The van der Waals surface area contributed by atoms with Crippen LogP contribution in [0.2, 0.25) is 0 Å². The number of hydrogen-bond donors (Lipinski definition) is 0. The third kappa shape index (κ3) is 2.40. The van der Waals surface area contributed by atoms with Crippen molar-refractivity contribution in [2.45, 2.75) is 33.2 Å². The Bertz CT molecular complexity index is 585.